The van der Waals surface area contributed by atoms with E-state index in [1.807, 2.05) is 0 Å². The molecule has 0 aromatic heterocycles. The second-order valence-electron chi connectivity index (χ2n) is 4.32. The molecule has 0 aromatic rings. The normalized spacial score (nSPS) is 31.6. The summed E-state index contributed by atoms with van der Waals surface area (Å²) in [6.07, 6.45) is -6.31. The number of hydrogen-bond acceptors (Lipinski definition) is 2. The quantitative estimate of drug-likeness (QED) is 0.699. The fourth-order valence-corrected chi connectivity index (χ4v) is 1.65. The fourth-order valence-electron chi connectivity index (χ4n) is 1.65. The Labute approximate surface area is 90.6 Å². The lowest BCUT2D eigenvalue weighted by atomic mass is 9.79. The third-order valence-electron chi connectivity index (χ3n) is 3.09. The van der Waals surface area contributed by atoms with E-state index in [9.17, 15) is 22.4 Å². The van der Waals surface area contributed by atoms with E-state index in [4.69, 9.17) is 5.73 Å². The Morgan fingerprint density at radius 1 is 1.56 bits per heavy atom. The highest BCUT2D eigenvalue weighted by Gasteiger charge is 2.47. The zero-order valence-corrected chi connectivity index (χ0v) is 8.85. The van der Waals surface area contributed by atoms with Gasteiger partial charge in [-0.1, -0.05) is 6.92 Å². The molecule has 1 aliphatic heterocycles. The SMILES string of the molecule is CC1(CN)CCN(C(=O)C(F)(F)F)CC1F. The highest BCUT2D eigenvalue weighted by Crippen LogP contribution is 2.33. The molecule has 94 valence electrons. The van der Waals surface area contributed by atoms with Gasteiger partial charge in [0.1, 0.15) is 6.17 Å². The molecular formula is C9H14F4N2O. The Kier molecular flexibility index (Phi) is 3.47. The minimum absolute atomic E-state index is 0.0578. The van der Waals surface area contributed by atoms with E-state index in [1.54, 1.807) is 6.92 Å². The number of carbonyl (C=O) groups is 1. The van der Waals surface area contributed by atoms with Gasteiger partial charge in [0.2, 0.25) is 0 Å². The van der Waals surface area contributed by atoms with Gasteiger partial charge in [-0.05, 0) is 6.42 Å². The highest BCUT2D eigenvalue weighted by atomic mass is 19.4. The molecule has 2 atom stereocenters. The predicted octanol–water partition coefficient (Wildman–Crippen LogP) is 1.08. The molecule has 0 spiro atoms. The summed E-state index contributed by atoms with van der Waals surface area (Å²) in [6, 6.07) is 0. The number of nitrogens with two attached hydrogens (primary N) is 1. The molecular weight excluding hydrogens is 228 g/mol. The summed E-state index contributed by atoms with van der Waals surface area (Å²) < 4.78 is 49.9. The molecule has 3 nitrogen and oxygen atoms in total. The molecule has 0 aliphatic carbocycles. The molecule has 1 aliphatic rings. The summed E-state index contributed by atoms with van der Waals surface area (Å²) in [5.41, 5.74) is 4.54. The molecule has 0 bridgehead atoms. The Balaban J connectivity index is 2.69. The number of amides is 1. The maximum Gasteiger partial charge on any atom is 0.471 e. The Morgan fingerprint density at radius 3 is 2.50 bits per heavy atom. The number of hydrogen-bond donors (Lipinski definition) is 1. The molecule has 2 unspecified atom stereocenters. The monoisotopic (exact) mass is 242 g/mol. The lowest BCUT2D eigenvalue weighted by molar-refractivity contribution is -0.189. The first kappa shape index (κ1) is 13.2. The van der Waals surface area contributed by atoms with Crippen LogP contribution in [-0.2, 0) is 4.79 Å². The van der Waals surface area contributed by atoms with Gasteiger partial charge in [0.25, 0.3) is 0 Å². The van der Waals surface area contributed by atoms with E-state index in [1.165, 1.54) is 0 Å². The molecule has 1 saturated heterocycles. The first-order valence-corrected chi connectivity index (χ1v) is 4.91. The highest BCUT2D eigenvalue weighted by molar-refractivity contribution is 5.82. The maximum atomic E-state index is 13.6. The van der Waals surface area contributed by atoms with Crippen LogP contribution >= 0.6 is 0 Å². The Bertz CT molecular complexity index is 281. The van der Waals surface area contributed by atoms with Gasteiger partial charge in [-0.15, -0.1) is 0 Å². The zero-order chi connectivity index (χ0) is 12.6. The summed E-state index contributed by atoms with van der Waals surface area (Å²) in [5, 5.41) is 0. The van der Waals surface area contributed by atoms with Gasteiger partial charge in [0.05, 0.1) is 6.54 Å². The molecule has 2 N–H and O–H groups in total. The van der Waals surface area contributed by atoms with Gasteiger partial charge in [-0.2, -0.15) is 13.2 Å². The summed E-state index contributed by atoms with van der Waals surface area (Å²) in [7, 11) is 0. The van der Waals surface area contributed by atoms with Crippen molar-refractivity contribution in [3.05, 3.63) is 0 Å². The van der Waals surface area contributed by atoms with Crippen LogP contribution in [0.2, 0.25) is 0 Å². The van der Waals surface area contributed by atoms with E-state index in [2.05, 4.69) is 0 Å². The van der Waals surface area contributed by atoms with Crippen molar-refractivity contribution in [1.82, 2.24) is 4.90 Å². The van der Waals surface area contributed by atoms with Gasteiger partial charge in [0, 0.05) is 18.5 Å². The fraction of sp³-hybridized carbons (Fsp3) is 0.889. The van der Waals surface area contributed by atoms with Crippen molar-refractivity contribution in [2.24, 2.45) is 11.1 Å². The van der Waals surface area contributed by atoms with E-state index >= 15 is 0 Å². The van der Waals surface area contributed by atoms with Crippen molar-refractivity contribution >= 4 is 5.91 Å². The molecule has 16 heavy (non-hydrogen) atoms. The molecule has 7 heteroatoms. The number of nitrogens with zero attached hydrogens (tertiary/aromatic N) is 1. The first-order chi connectivity index (χ1) is 7.20. The third-order valence-corrected chi connectivity index (χ3v) is 3.09. The standard InChI is InChI=1S/C9H14F4N2O/c1-8(5-14)2-3-15(4-6(8)10)7(16)9(11,12)13/h6H,2-5,14H2,1H3. The van der Waals surface area contributed by atoms with Gasteiger partial charge < -0.3 is 10.6 Å². The van der Waals surface area contributed by atoms with Crippen molar-refractivity contribution in [3.63, 3.8) is 0 Å². The van der Waals surface area contributed by atoms with Crippen molar-refractivity contribution in [1.29, 1.82) is 0 Å². The summed E-state index contributed by atoms with van der Waals surface area (Å²) in [6.45, 7) is 0.994. The number of carbonyl (C=O) groups excluding carboxylic acids is 1. The molecule has 0 aromatic carbocycles. The minimum atomic E-state index is -4.93. The second kappa shape index (κ2) is 4.20. The van der Waals surface area contributed by atoms with E-state index in [0.29, 0.717) is 4.90 Å². The van der Waals surface area contributed by atoms with Crippen LogP contribution in [0.4, 0.5) is 17.6 Å². The van der Waals surface area contributed by atoms with Gasteiger partial charge >= 0.3 is 12.1 Å². The van der Waals surface area contributed by atoms with Crippen LogP contribution < -0.4 is 5.73 Å². The summed E-state index contributed by atoms with van der Waals surface area (Å²) in [4.78, 5) is 11.4. The van der Waals surface area contributed by atoms with Crippen LogP contribution in [0.3, 0.4) is 0 Å². The molecule has 0 radical (unpaired) electrons. The minimum Gasteiger partial charge on any atom is -0.332 e. The van der Waals surface area contributed by atoms with Crippen LogP contribution in [0.15, 0.2) is 0 Å². The molecule has 1 heterocycles. The Hall–Kier alpha value is -0.850. The average Bonchev–Trinajstić information content (AvgIpc) is 2.20. The molecule has 1 rings (SSSR count). The Morgan fingerprint density at radius 2 is 2.12 bits per heavy atom. The van der Waals surface area contributed by atoms with E-state index in [-0.39, 0.29) is 19.5 Å². The largest absolute Gasteiger partial charge is 0.471 e. The van der Waals surface area contributed by atoms with Crippen molar-refractivity contribution < 1.29 is 22.4 Å². The van der Waals surface area contributed by atoms with Gasteiger partial charge in [-0.25, -0.2) is 4.39 Å². The predicted molar refractivity (Wildman–Crippen MR) is 49.3 cm³/mol. The maximum absolute atomic E-state index is 13.6. The van der Waals surface area contributed by atoms with Gasteiger partial charge in [-0.3, -0.25) is 4.79 Å². The average molecular weight is 242 g/mol. The molecule has 0 saturated carbocycles. The number of likely N-dealkylation sites (tertiary alicyclic amines) is 1. The lowest BCUT2D eigenvalue weighted by Crippen LogP contribution is -2.55. The van der Waals surface area contributed by atoms with Crippen LogP contribution in [0.25, 0.3) is 0 Å². The number of alkyl halides is 4. The van der Waals surface area contributed by atoms with E-state index in [0.717, 1.165) is 0 Å². The van der Waals surface area contributed by atoms with Crippen molar-refractivity contribution in [2.45, 2.75) is 25.7 Å². The van der Waals surface area contributed by atoms with Crippen LogP contribution in [0, 0.1) is 5.41 Å². The number of piperidine rings is 1. The summed E-state index contributed by atoms with van der Waals surface area (Å²) in [5.74, 6) is -1.98. The van der Waals surface area contributed by atoms with Crippen molar-refractivity contribution in [3.8, 4) is 0 Å². The molecule has 1 fully saturated rings. The van der Waals surface area contributed by atoms with Gasteiger partial charge in [0.15, 0.2) is 0 Å². The van der Waals surface area contributed by atoms with Crippen LogP contribution in [0.1, 0.15) is 13.3 Å². The second-order valence-corrected chi connectivity index (χ2v) is 4.32. The topological polar surface area (TPSA) is 46.3 Å². The van der Waals surface area contributed by atoms with Crippen LogP contribution in [-0.4, -0.2) is 42.8 Å². The summed E-state index contributed by atoms with van der Waals surface area (Å²) >= 11 is 0. The smallest absolute Gasteiger partial charge is 0.332 e. The zero-order valence-electron chi connectivity index (χ0n) is 8.85. The lowest BCUT2D eigenvalue weighted by Gasteiger charge is -2.41. The number of rotatable bonds is 1. The van der Waals surface area contributed by atoms with Crippen LogP contribution in [0.5, 0.6) is 0 Å². The number of halogens is 4. The van der Waals surface area contributed by atoms with Crippen molar-refractivity contribution in [2.75, 3.05) is 19.6 Å². The van der Waals surface area contributed by atoms with E-state index < -0.39 is 30.2 Å². The molecule has 1 amide bonds. The third kappa shape index (κ3) is 2.45. The first-order valence-electron chi connectivity index (χ1n) is 4.91.